The molecule has 196 valence electrons. The van der Waals surface area contributed by atoms with E-state index in [-0.39, 0.29) is 34.5 Å². The Balaban J connectivity index is 1.58. The molecule has 3 atom stereocenters. The van der Waals surface area contributed by atoms with Gasteiger partial charge in [0.15, 0.2) is 15.9 Å². The average Bonchev–Trinajstić information content (AvgIpc) is 3.69. The molecular formula is C23H25ClF3N3O5S. The summed E-state index contributed by atoms with van der Waals surface area (Å²) < 4.78 is 70.2. The second-order valence-corrected chi connectivity index (χ2v) is 12.6. The van der Waals surface area contributed by atoms with Gasteiger partial charge in [0.1, 0.15) is 17.3 Å². The van der Waals surface area contributed by atoms with Crippen LogP contribution in [0.2, 0.25) is 5.02 Å². The van der Waals surface area contributed by atoms with Crippen LogP contribution >= 0.6 is 11.6 Å². The quantitative estimate of drug-likeness (QED) is 0.559. The molecule has 4 rings (SSSR count). The van der Waals surface area contributed by atoms with Crippen LogP contribution in [0.15, 0.2) is 23.1 Å². The van der Waals surface area contributed by atoms with Gasteiger partial charge in [-0.1, -0.05) is 18.5 Å². The van der Waals surface area contributed by atoms with Crippen molar-refractivity contribution in [3.63, 3.8) is 0 Å². The first-order valence-corrected chi connectivity index (χ1v) is 13.4. The Morgan fingerprint density at radius 2 is 1.92 bits per heavy atom. The molecule has 2 amide bonds. The third-order valence-electron chi connectivity index (χ3n) is 7.09. The van der Waals surface area contributed by atoms with Crippen molar-refractivity contribution >= 4 is 33.3 Å². The molecule has 0 spiro atoms. The molecule has 1 aliphatic heterocycles. The molecule has 0 unspecified atom stereocenters. The average molecular weight is 548 g/mol. The Morgan fingerprint density at radius 3 is 2.42 bits per heavy atom. The Bertz CT molecular complexity index is 1240. The maximum atomic E-state index is 13.5. The van der Waals surface area contributed by atoms with E-state index in [0.29, 0.717) is 25.7 Å². The summed E-state index contributed by atoms with van der Waals surface area (Å²) in [5.41, 5.74) is -1.64. The summed E-state index contributed by atoms with van der Waals surface area (Å²) in [5.74, 6) is -1.16. The number of ether oxygens (including phenoxy) is 1. The maximum Gasteiger partial charge on any atom is 0.425 e. The normalized spacial score (nSPS) is 25.0. The molecule has 2 aliphatic carbocycles. The fourth-order valence-electron chi connectivity index (χ4n) is 4.19. The molecule has 1 aromatic rings. The molecule has 0 bridgehead atoms. The SMILES string of the molecule is C[C@H](Oc1ccc(S(=O)(=O)[C@@H]2C[C@H](C(=O)NC3(C#N)CC3)N(C(=O)C3(C)CC3)C2)c(Cl)c1)C(F)(F)F. The van der Waals surface area contributed by atoms with E-state index in [4.69, 9.17) is 16.3 Å². The van der Waals surface area contributed by atoms with Gasteiger partial charge in [-0.2, -0.15) is 18.4 Å². The number of sulfone groups is 1. The number of likely N-dealkylation sites (tertiary alicyclic amines) is 1. The molecule has 3 aliphatic rings. The molecule has 1 N–H and O–H groups in total. The van der Waals surface area contributed by atoms with Gasteiger partial charge in [-0.3, -0.25) is 9.59 Å². The summed E-state index contributed by atoms with van der Waals surface area (Å²) in [7, 11) is -4.18. The maximum absolute atomic E-state index is 13.5. The van der Waals surface area contributed by atoms with Crippen LogP contribution in [0, 0.1) is 16.7 Å². The standard InChI is InChI=1S/C23H25ClF3N3O5S/c1-13(23(25,26)27)35-14-3-4-18(16(24)9-14)36(33,34)15-10-17(19(31)29-22(12-28)7-8-22)30(11-15)20(32)21(2)5-6-21/h3-4,9,13,15,17H,5-8,10-11H2,1-2H3,(H,29,31)/t13-,15+,17+/m0/s1. The van der Waals surface area contributed by atoms with Crippen LogP contribution in [-0.4, -0.2) is 60.8 Å². The highest BCUT2D eigenvalue weighted by atomic mass is 35.5. The second kappa shape index (κ2) is 8.80. The zero-order valence-corrected chi connectivity index (χ0v) is 21.1. The number of hydrogen-bond acceptors (Lipinski definition) is 6. The third-order valence-corrected chi connectivity index (χ3v) is 9.70. The number of benzene rings is 1. The summed E-state index contributed by atoms with van der Waals surface area (Å²) in [6, 6.07) is 4.11. The van der Waals surface area contributed by atoms with Crippen molar-refractivity contribution in [1.29, 1.82) is 5.26 Å². The van der Waals surface area contributed by atoms with Crippen LogP contribution in [0.5, 0.6) is 5.75 Å². The molecule has 1 aromatic carbocycles. The van der Waals surface area contributed by atoms with E-state index >= 15 is 0 Å². The van der Waals surface area contributed by atoms with Crippen LogP contribution in [0.3, 0.4) is 0 Å². The van der Waals surface area contributed by atoms with E-state index in [1.165, 1.54) is 4.90 Å². The summed E-state index contributed by atoms with van der Waals surface area (Å²) in [6.07, 6.45) is -4.73. The van der Waals surface area contributed by atoms with E-state index in [9.17, 15) is 36.4 Å². The number of alkyl halides is 3. The van der Waals surface area contributed by atoms with Crippen molar-refractivity contribution in [3.05, 3.63) is 23.2 Å². The zero-order chi connectivity index (χ0) is 26.7. The summed E-state index contributed by atoms with van der Waals surface area (Å²) in [5, 5.41) is 10.5. The van der Waals surface area contributed by atoms with E-state index in [2.05, 4.69) is 5.32 Å². The van der Waals surface area contributed by atoms with Gasteiger partial charge >= 0.3 is 6.18 Å². The molecule has 8 nitrogen and oxygen atoms in total. The number of nitrogens with one attached hydrogen (secondary N) is 1. The molecule has 1 heterocycles. The minimum atomic E-state index is -4.62. The van der Waals surface area contributed by atoms with Gasteiger partial charge in [0.05, 0.1) is 21.2 Å². The summed E-state index contributed by atoms with van der Waals surface area (Å²) >= 11 is 6.15. The number of hydrogen-bond donors (Lipinski definition) is 1. The highest BCUT2D eigenvalue weighted by Gasteiger charge is 2.55. The van der Waals surface area contributed by atoms with E-state index in [0.717, 1.165) is 25.1 Å². The number of nitriles is 1. The Labute approximate surface area is 211 Å². The fourth-order valence-corrected chi connectivity index (χ4v) is 6.42. The predicted molar refractivity (Wildman–Crippen MR) is 122 cm³/mol. The van der Waals surface area contributed by atoms with Gasteiger partial charge in [-0.05, 0) is 51.2 Å². The monoisotopic (exact) mass is 547 g/mol. The van der Waals surface area contributed by atoms with Gasteiger partial charge in [-0.25, -0.2) is 8.42 Å². The van der Waals surface area contributed by atoms with Crippen LogP contribution < -0.4 is 10.1 Å². The van der Waals surface area contributed by atoms with E-state index in [1.807, 2.05) is 6.07 Å². The van der Waals surface area contributed by atoms with Gasteiger partial charge in [-0.15, -0.1) is 0 Å². The van der Waals surface area contributed by atoms with Crippen LogP contribution in [-0.2, 0) is 19.4 Å². The predicted octanol–water partition coefficient (Wildman–Crippen LogP) is 3.39. The number of rotatable bonds is 7. The molecule has 0 aromatic heterocycles. The lowest BCUT2D eigenvalue weighted by molar-refractivity contribution is -0.189. The molecule has 2 saturated carbocycles. The summed E-state index contributed by atoms with van der Waals surface area (Å²) in [4.78, 5) is 27.1. The molecule has 1 saturated heterocycles. The minimum Gasteiger partial charge on any atom is -0.481 e. The Hall–Kier alpha value is -2.52. The van der Waals surface area contributed by atoms with Crippen molar-refractivity contribution in [3.8, 4) is 11.8 Å². The molecule has 13 heteroatoms. The Kier molecular flexibility index (Phi) is 6.49. The van der Waals surface area contributed by atoms with Crippen LogP contribution in [0.1, 0.15) is 46.0 Å². The lowest BCUT2D eigenvalue weighted by Gasteiger charge is -2.27. The third kappa shape index (κ3) is 5.00. The molecular weight excluding hydrogens is 523 g/mol. The van der Waals surface area contributed by atoms with E-state index in [1.54, 1.807) is 6.92 Å². The molecule has 36 heavy (non-hydrogen) atoms. The second-order valence-electron chi connectivity index (χ2n) is 10.0. The number of nitrogens with zero attached hydrogens (tertiary/aromatic N) is 2. The van der Waals surface area contributed by atoms with Crippen molar-refractivity contribution in [2.24, 2.45) is 5.41 Å². The van der Waals surface area contributed by atoms with Crippen molar-refractivity contribution < 1.29 is 35.9 Å². The van der Waals surface area contributed by atoms with Crippen molar-refractivity contribution in [2.45, 2.75) is 80.0 Å². The topological polar surface area (TPSA) is 117 Å². The number of amides is 2. The zero-order valence-electron chi connectivity index (χ0n) is 19.6. The number of carbonyl (C=O) groups is 2. The number of halogens is 4. The lowest BCUT2D eigenvalue weighted by atomic mass is 10.1. The van der Waals surface area contributed by atoms with Gasteiger partial charge in [0.2, 0.25) is 11.8 Å². The van der Waals surface area contributed by atoms with Gasteiger partial charge < -0.3 is 15.0 Å². The van der Waals surface area contributed by atoms with Crippen molar-refractivity contribution in [1.82, 2.24) is 10.2 Å². The highest BCUT2D eigenvalue weighted by molar-refractivity contribution is 7.92. The fraction of sp³-hybridized carbons (Fsp3) is 0.609. The van der Waals surface area contributed by atoms with Gasteiger partial charge in [0, 0.05) is 18.0 Å². The van der Waals surface area contributed by atoms with E-state index < -0.39 is 50.3 Å². The van der Waals surface area contributed by atoms with Crippen LogP contribution in [0.4, 0.5) is 13.2 Å². The largest absolute Gasteiger partial charge is 0.481 e. The van der Waals surface area contributed by atoms with Crippen LogP contribution in [0.25, 0.3) is 0 Å². The first-order chi connectivity index (χ1) is 16.6. The highest BCUT2D eigenvalue weighted by Crippen LogP contribution is 2.48. The van der Waals surface area contributed by atoms with Crippen molar-refractivity contribution in [2.75, 3.05) is 6.54 Å². The molecule has 3 fully saturated rings. The molecule has 0 radical (unpaired) electrons. The smallest absolute Gasteiger partial charge is 0.425 e. The van der Waals surface area contributed by atoms with Gasteiger partial charge in [0.25, 0.3) is 0 Å². The first kappa shape index (κ1) is 26.5. The summed E-state index contributed by atoms with van der Waals surface area (Å²) in [6.45, 7) is 2.32. The first-order valence-electron chi connectivity index (χ1n) is 11.4. The number of carbonyl (C=O) groups excluding carboxylic acids is 2. The minimum absolute atomic E-state index is 0.197. The Morgan fingerprint density at radius 1 is 1.28 bits per heavy atom. The lowest BCUT2D eigenvalue weighted by Crippen LogP contribution is -2.50.